The summed E-state index contributed by atoms with van der Waals surface area (Å²) in [6.07, 6.45) is 1.17. The minimum Gasteiger partial charge on any atom is -0.390 e. The van der Waals surface area contributed by atoms with Crippen LogP contribution < -0.4 is 10.6 Å². The van der Waals surface area contributed by atoms with Gasteiger partial charge in [-0.2, -0.15) is 0 Å². The maximum Gasteiger partial charge on any atom is 0.230 e. The van der Waals surface area contributed by atoms with Crippen LogP contribution in [0.2, 0.25) is 0 Å². The number of hydrogen-bond donors (Lipinski definition) is 3. The van der Waals surface area contributed by atoms with E-state index < -0.39 is 11.5 Å². The van der Waals surface area contributed by atoms with Gasteiger partial charge in [-0.3, -0.25) is 4.79 Å². The van der Waals surface area contributed by atoms with Gasteiger partial charge in [-0.05, 0) is 56.5 Å². The predicted molar refractivity (Wildman–Crippen MR) is 107 cm³/mol. The highest BCUT2D eigenvalue weighted by atomic mass is 16.3. The highest BCUT2D eigenvalue weighted by Gasteiger charge is 2.52. The zero-order chi connectivity index (χ0) is 19.1. The number of benzene rings is 2. The van der Waals surface area contributed by atoms with Crippen LogP contribution in [0.5, 0.6) is 0 Å². The molecule has 2 aromatic rings. The number of carbonyl (C=O) groups is 1. The Morgan fingerprint density at radius 1 is 1.07 bits per heavy atom. The summed E-state index contributed by atoms with van der Waals surface area (Å²) < 4.78 is 0. The maximum absolute atomic E-state index is 13.2. The van der Waals surface area contributed by atoms with E-state index in [1.54, 1.807) is 0 Å². The lowest BCUT2D eigenvalue weighted by Crippen LogP contribution is -2.50. The third-order valence-electron chi connectivity index (χ3n) is 6.56. The van der Waals surface area contributed by atoms with Crippen molar-refractivity contribution >= 4 is 5.91 Å². The Hall–Kier alpha value is -2.17. The third-order valence-corrected chi connectivity index (χ3v) is 6.56. The minimum absolute atomic E-state index is 0.0569. The number of piperidine rings is 1. The van der Waals surface area contributed by atoms with Gasteiger partial charge in [0.1, 0.15) is 0 Å². The lowest BCUT2D eigenvalue weighted by molar-refractivity contribution is -0.127. The Labute approximate surface area is 161 Å². The lowest BCUT2D eigenvalue weighted by atomic mass is 9.72. The summed E-state index contributed by atoms with van der Waals surface area (Å²) in [7, 11) is 0. The van der Waals surface area contributed by atoms with Crippen molar-refractivity contribution in [2.75, 3.05) is 13.1 Å². The van der Waals surface area contributed by atoms with E-state index in [1.807, 2.05) is 56.3 Å². The third kappa shape index (κ3) is 2.88. The molecule has 1 fully saturated rings. The predicted octanol–water partition coefficient (Wildman–Crippen LogP) is 2.82. The Bertz CT molecular complexity index is 825. The smallest absolute Gasteiger partial charge is 0.230 e. The van der Waals surface area contributed by atoms with Gasteiger partial charge in [-0.15, -0.1) is 0 Å². The first-order valence-electron chi connectivity index (χ1n) is 9.81. The van der Waals surface area contributed by atoms with Crippen molar-refractivity contribution in [1.82, 2.24) is 10.6 Å². The molecule has 142 valence electrons. The zero-order valence-electron chi connectivity index (χ0n) is 16.0. The first-order chi connectivity index (χ1) is 13.0. The van der Waals surface area contributed by atoms with Crippen LogP contribution >= 0.6 is 0 Å². The van der Waals surface area contributed by atoms with E-state index in [4.69, 9.17) is 0 Å². The van der Waals surface area contributed by atoms with Crippen molar-refractivity contribution in [1.29, 1.82) is 0 Å². The van der Waals surface area contributed by atoms with Gasteiger partial charge in [0.2, 0.25) is 5.91 Å². The van der Waals surface area contributed by atoms with Gasteiger partial charge in [-0.1, -0.05) is 54.6 Å². The molecule has 27 heavy (non-hydrogen) atoms. The molecule has 1 saturated heterocycles. The summed E-state index contributed by atoms with van der Waals surface area (Å²) in [6, 6.07) is 17.7. The van der Waals surface area contributed by atoms with Crippen LogP contribution in [-0.4, -0.2) is 30.2 Å². The van der Waals surface area contributed by atoms with Crippen LogP contribution in [0, 0.1) is 0 Å². The van der Waals surface area contributed by atoms with E-state index >= 15 is 0 Å². The van der Waals surface area contributed by atoms with Crippen molar-refractivity contribution in [3.05, 3.63) is 71.3 Å². The largest absolute Gasteiger partial charge is 0.390 e. The number of amides is 1. The molecule has 0 aromatic heterocycles. The fourth-order valence-corrected chi connectivity index (χ4v) is 4.77. The van der Waals surface area contributed by atoms with Gasteiger partial charge >= 0.3 is 0 Å². The second-order valence-electron chi connectivity index (χ2n) is 8.38. The average molecular weight is 364 g/mol. The highest BCUT2D eigenvalue weighted by Crippen LogP contribution is 2.50. The number of rotatable bonds is 3. The normalized spacial score (nSPS) is 23.8. The van der Waals surface area contributed by atoms with Gasteiger partial charge in [0.05, 0.1) is 17.6 Å². The molecule has 3 N–H and O–H groups in total. The Balaban J connectivity index is 1.65. The quantitative estimate of drug-likeness (QED) is 0.785. The molecule has 0 saturated carbocycles. The second kappa shape index (κ2) is 6.77. The van der Waals surface area contributed by atoms with Crippen molar-refractivity contribution in [2.24, 2.45) is 0 Å². The van der Waals surface area contributed by atoms with Crippen LogP contribution in [0.25, 0.3) is 0 Å². The molecule has 1 spiro atoms. The standard InChI is InChI=1S/C23H28N2O2/c1-22(2,16-8-4-3-5-9-16)21(27)25-19-17-10-6-7-11-18(17)23(20(19)26)12-14-24-15-13-23/h3-11,19-20,24,26H,12-15H2,1-2H3,(H,25,27)/t19-,20+/m1/s1. The van der Waals surface area contributed by atoms with E-state index in [0.29, 0.717) is 0 Å². The molecule has 1 heterocycles. The minimum atomic E-state index is -0.667. The number of nitrogens with one attached hydrogen (secondary N) is 2. The van der Waals surface area contributed by atoms with Crippen molar-refractivity contribution < 1.29 is 9.90 Å². The SMILES string of the molecule is CC(C)(C(=O)N[C@@H]1c2ccccc2C2(CCNCC2)[C@H]1O)c1ccccc1. The molecule has 4 nitrogen and oxygen atoms in total. The summed E-state index contributed by atoms with van der Waals surface area (Å²) >= 11 is 0. The lowest BCUT2D eigenvalue weighted by Gasteiger charge is -2.39. The molecule has 0 radical (unpaired) electrons. The van der Waals surface area contributed by atoms with Crippen LogP contribution in [0.1, 0.15) is 49.4 Å². The fraction of sp³-hybridized carbons (Fsp3) is 0.435. The number of carbonyl (C=O) groups excluding carboxylic acids is 1. The molecule has 2 atom stereocenters. The molecule has 1 aliphatic carbocycles. The molecule has 4 rings (SSSR count). The summed E-state index contributed by atoms with van der Waals surface area (Å²) in [5.41, 5.74) is 2.29. The molecule has 0 unspecified atom stereocenters. The van der Waals surface area contributed by atoms with Crippen molar-refractivity contribution in [2.45, 2.75) is 49.7 Å². The highest BCUT2D eigenvalue weighted by molar-refractivity contribution is 5.88. The summed E-state index contributed by atoms with van der Waals surface area (Å²) in [4.78, 5) is 13.2. The number of aliphatic hydroxyl groups is 1. The number of aliphatic hydroxyl groups excluding tert-OH is 1. The first kappa shape index (κ1) is 18.2. The van der Waals surface area contributed by atoms with E-state index in [1.165, 1.54) is 5.56 Å². The maximum atomic E-state index is 13.2. The molecular formula is C23H28N2O2. The Morgan fingerprint density at radius 2 is 1.70 bits per heavy atom. The zero-order valence-corrected chi connectivity index (χ0v) is 16.0. The second-order valence-corrected chi connectivity index (χ2v) is 8.38. The fourth-order valence-electron chi connectivity index (χ4n) is 4.77. The van der Waals surface area contributed by atoms with E-state index in [-0.39, 0.29) is 17.4 Å². The Morgan fingerprint density at radius 3 is 2.41 bits per heavy atom. The number of fused-ring (bicyclic) bond motifs is 2. The van der Waals surface area contributed by atoms with Crippen molar-refractivity contribution in [3.8, 4) is 0 Å². The molecule has 1 aliphatic heterocycles. The van der Waals surface area contributed by atoms with Crippen molar-refractivity contribution in [3.63, 3.8) is 0 Å². The molecular weight excluding hydrogens is 336 g/mol. The Kier molecular flexibility index (Phi) is 4.57. The van der Waals surface area contributed by atoms with Crippen LogP contribution in [0.3, 0.4) is 0 Å². The molecule has 2 aliphatic rings. The molecule has 1 amide bonds. The van der Waals surface area contributed by atoms with Crippen LogP contribution in [0.4, 0.5) is 0 Å². The molecule has 0 bridgehead atoms. The summed E-state index contributed by atoms with van der Waals surface area (Å²) in [6.45, 7) is 5.65. The van der Waals surface area contributed by atoms with Gasteiger partial charge in [-0.25, -0.2) is 0 Å². The summed E-state index contributed by atoms with van der Waals surface area (Å²) in [5, 5.41) is 17.9. The van der Waals surface area contributed by atoms with Gasteiger partial charge in [0.25, 0.3) is 0 Å². The van der Waals surface area contributed by atoms with Crippen LogP contribution in [-0.2, 0) is 15.6 Å². The van der Waals surface area contributed by atoms with E-state index in [9.17, 15) is 9.90 Å². The first-order valence-corrected chi connectivity index (χ1v) is 9.81. The number of hydrogen-bond acceptors (Lipinski definition) is 3. The topological polar surface area (TPSA) is 61.4 Å². The van der Waals surface area contributed by atoms with Gasteiger partial charge in [0, 0.05) is 5.41 Å². The monoisotopic (exact) mass is 364 g/mol. The van der Waals surface area contributed by atoms with Gasteiger partial charge < -0.3 is 15.7 Å². The molecule has 2 aromatic carbocycles. The molecule has 4 heteroatoms. The summed E-state index contributed by atoms with van der Waals surface area (Å²) in [5.74, 6) is -0.0569. The average Bonchev–Trinajstić information content (AvgIpc) is 2.92. The van der Waals surface area contributed by atoms with Gasteiger partial charge in [0.15, 0.2) is 0 Å². The van der Waals surface area contributed by atoms with E-state index in [2.05, 4.69) is 22.8 Å². The van der Waals surface area contributed by atoms with E-state index in [0.717, 1.165) is 37.1 Å². The van der Waals surface area contributed by atoms with Crippen LogP contribution in [0.15, 0.2) is 54.6 Å².